The summed E-state index contributed by atoms with van der Waals surface area (Å²) in [6.07, 6.45) is 0. The fourth-order valence-corrected chi connectivity index (χ4v) is 9.74. The van der Waals surface area contributed by atoms with Crippen LogP contribution < -0.4 is 0 Å². The van der Waals surface area contributed by atoms with Crippen LogP contribution in [0, 0.1) is 0 Å². The zero-order chi connectivity index (χ0) is 37.0. The van der Waals surface area contributed by atoms with Crippen molar-refractivity contribution in [1.29, 1.82) is 0 Å². The number of benzene rings is 7. The first-order chi connectivity index (χ1) is 27.7. The second-order valence-corrected chi connectivity index (χ2v) is 15.8. The number of thiophene rings is 2. The highest BCUT2D eigenvalue weighted by Gasteiger charge is 2.19. The van der Waals surface area contributed by atoms with Gasteiger partial charge in [0.25, 0.3) is 0 Å². The predicted octanol–water partition coefficient (Wildman–Crippen LogP) is 13.4. The molecule has 0 saturated heterocycles. The molecule has 11 rings (SSSR count). The van der Waals surface area contributed by atoms with E-state index in [9.17, 15) is 0 Å². The van der Waals surface area contributed by atoms with Gasteiger partial charge in [-0.05, 0) is 41.5 Å². The maximum Gasteiger partial charge on any atom is 0.164 e. The van der Waals surface area contributed by atoms with Crippen molar-refractivity contribution in [3.05, 3.63) is 176 Å². The Morgan fingerprint density at radius 3 is 1.57 bits per heavy atom. The monoisotopic (exact) mass is 751 g/mol. The van der Waals surface area contributed by atoms with Gasteiger partial charge in [-0.3, -0.25) is 0 Å². The van der Waals surface area contributed by atoms with Gasteiger partial charge < -0.3 is 0 Å². The SMILES string of the molecule is c1ccc(-c2nc(-c3ccccc3)nc(-c3cccc4sc5ccc(-c6cccc(-c7nc(-c8ccccc8)nc8c7sc7ccccc78)c6)cc5c34)n2)cc1. The maximum absolute atomic E-state index is 5.24. The predicted molar refractivity (Wildman–Crippen MR) is 234 cm³/mol. The fourth-order valence-electron chi connectivity index (χ4n) is 7.47. The van der Waals surface area contributed by atoms with Crippen LogP contribution in [0.15, 0.2) is 176 Å². The van der Waals surface area contributed by atoms with Gasteiger partial charge in [0.15, 0.2) is 23.3 Å². The summed E-state index contributed by atoms with van der Waals surface area (Å²) in [6, 6.07) is 61.0. The molecule has 0 amide bonds. The van der Waals surface area contributed by atoms with Crippen molar-refractivity contribution in [2.24, 2.45) is 0 Å². The maximum atomic E-state index is 5.24. The number of rotatable bonds is 6. The lowest BCUT2D eigenvalue weighted by atomic mass is 9.98. The molecule has 11 aromatic rings. The highest BCUT2D eigenvalue weighted by molar-refractivity contribution is 7.26. The highest BCUT2D eigenvalue weighted by atomic mass is 32.1. The van der Waals surface area contributed by atoms with Crippen molar-refractivity contribution < 1.29 is 0 Å². The molecular weight excluding hydrogens is 723 g/mol. The van der Waals surface area contributed by atoms with Gasteiger partial charge in [0.05, 0.1) is 15.9 Å². The smallest absolute Gasteiger partial charge is 0.164 e. The quantitative estimate of drug-likeness (QED) is 0.169. The molecule has 0 unspecified atom stereocenters. The van der Waals surface area contributed by atoms with Crippen LogP contribution in [0.25, 0.3) is 108 Å². The molecule has 5 nitrogen and oxygen atoms in total. The van der Waals surface area contributed by atoms with Crippen molar-refractivity contribution in [3.63, 3.8) is 0 Å². The van der Waals surface area contributed by atoms with Gasteiger partial charge in [-0.15, -0.1) is 22.7 Å². The van der Waals surface area contributed by atoms with Crippen LogP contribution in [0.2, 0.25) is 0 Å². The van der Waals surface area contributed by atoms with E-state index in [0.717, 1.165) is 71.5 Å². The third kappa shape index (κ3) is 5.64. The Balaban J connectivity index is 1.07. The summed E-state index contributed by atoms with van der Waals surface area (Å²) in [5, 5.41) is 3.47. The van der Waals surface area contributed by atoms with Crippen LogP contribution >= 0.6 is 22.7 Å². The minimum atomic E-state index is 0.649. The average Bonchev–Trinajstić information content (AvgIpc) is 3.85. The lowest BCUT2D eigenvalue weighted by Crippen LogP contribution is -2.00. The summed E-state index contributed by atoms with van der Waals surface area (Å²) >= 11 is 3.54. The molecule has 4 aromatic heterocycles. The van der Waals surface area contributed by atoms with Crippen LogP contribution in [0.1, 0.15) is 0 Å². The first kappa shape index (κ1) is 32.5. The van der Waals surface area contributed by atoms with Gasteiger partial charge in [-0.2, -0.15) is 0 Å². The standard InChI is InChI=1S/C49H29N5S2/c1-4-14-30(15-5-1)46-50-43(45-44(51-46)36-22-10-11-24-39(36)56-45)35-21-12-20-33(28-35)34-26-27-40-38(29-34)42-37(23-13-25-41(42)55-40)49-53-47(31-16-6-2-7-17-31)52-48(54-49)32-18-8-3-9-19-32/h1-29H. The molecule has 0 atom stereocenters. The van der Waals surface area contributed by atoms with E-state index < -0.39 is 0 Å². The lowest BCUT2D eigenvalue weighted by molar-refractivity contribution is 1.08. The van der Waals surface area contributed by atoms with Gasteiger partial charge >= 0.3 is 0 Å². The molecule has 0 spiro atoms. The Hall–Kier alpha value is -6.93. The van der Waals surface area contributed by atoms with Gasteiger partial charge in [0.1, 0.15) is 0 Å². The number of aromatic nitrogens is 5. The topological polar surface area (TPSA) is 64.5 Å². The minimum absolute atomic E-state index is 0.649. The van der Waals surface area contributed by atoms with E-state index in [-0.39, 0.29) is 0 Å². The Kier molecular flexibility index (Phi) is 7.79. The largest absolute Gasteiger partial charge is 0.226 e. The number of nitrogens with zero attached hydrogens (tertiary/aromatic N) is 5. The molecular formula is C49H29N5S2. The lowest BCUT2D eigenvalue weighted by Gasteiger charge is -2.10. The fraction of sp³-hybridized carbons (Fsp3) is 0. The van der Waals surface area contributed by atoms with Crippen molar-refractivity contribution in [2.75, 3.05) is 0 Å². The molecule has 0 fully saturated rings. The van der Waals surface area contributed by atoms with E-state index in [4.69, 9.17) is 24.9 Å². The van der Waals surface area contributed by atoms with Crippen molar-refractivity contribution in [3.8, 4) is 67.9 Å². The van der Waals surface area contributed by atoms with E-state index in [1.807, 2.05) is 78.9 Å². The Morgan fingerprint density at radius 1 is 0.321 bits per heavy atom. The molecule has 0 N–H and O–H groups in total. The van der Waals surface area contributed by atoms with Gasteiger partial charge in [-0.25, -0.2) is 24.9 Å². The van der Waals surface area contributed by atoms with Gasteiger partial charge in [0.2, 0.25) is 0 Å². The molecule has 0 radical (unpaired) electrons. The molecule has 4 heterocycles. The van der Waals surface area contributed by atoms with E-state index in [2.05, 4.69) is 97.1 Å². The van der Waals surface area contributed by atoms with E-state index >= 15 is 0 Å². The summed E-state index contributed by atoms with van der Waals surface area (Å²) in [7, 11) is 0. The minimum Gasteiger partial charge on any atom is -0.226 e. The zero-order valence-corrected chi connectivity index (χ0v) is 31.4. The van der Waals surface area contributed by atoms with Crippen LogP contribution in [-0.4, -0.2) is 24.9 Å². The second kappa shape index (κ2) is 13.4. The Morgan fingerprint density at radius 2 is 0.857 bits per heavy atom. The van der Waals surface area contributed by atoms with Crippen molar-refractivity contribution in [2.45, 2.75) is 0 Å². The molecule has 0 aliphatic heterocycles. The van der Waals surface area contributed by atoms with Gasteiger partial charge in [0, 0.05) is 58.1 Å². The van der Waals surface area contributed by atoms with Crippen LogP contribution in [0.5, 0.6) is 0 Å². The first-order valence-electron chi connectivity index (χ1n) is 18.4. The normalized spacial score (nSPS) is 11.6. The summed E-state index contributed by atoms with van der Waals surface area (Å²) in [5.74, 6) is 2.68. The molecule has 0 aliphatic rings. The van der Waals surface area contributed by atoms with Crippen LogP contribution in [0.3, 0.4) is 0 Å². The molecule has 7 heteroatoms. The zero-order valence-electron chi connectivity index (χ0n) is 29.8. The molecule has 0 saturated carbocycles. The Bertz CT molecular complexity index is 3190. The van der Waals surface area contributed by atoms with E-state index in [0.29, 0.717) is 17.5 Å². The first-order valence-corrected chi connectivity index (χ1v) is 20.0. The molecule has 0 aliphatic carbocycles. The van der Waals surface area contributed by atoms with Crippen molar-refractivity contribution >= 4 is 63.1 Å². The number of fused-ring (bicyclic) bond motifs is 6. The number of hydrogen-bond donors (Lipinski definition) is 0. The van der Waals surface area contributed by atoms with Crippen LogP contribution in [-0.2, 0) is 0 Å². The van der Waals surface area contributed by atoms with Crippen molar-refractivity contribution in [1.82, 2.24) is 24.9 Å². The molecule has 262 valence electrons. The number of hydrogen-bond acceptors (Lipinski definition) is 7. The molecule has 7 aromatic carbocycles. The Labute approximate surface area is 330 Å². The highest BCUT2D eigenvalue weighted by Crippen LogP contribution is 2.43. The summed E-state index contributed by atoms with van der Waals surface area (Å²) in [5.41, 5.74) is 9.12. The summed E-state index contributed by atoms with van der Waals surface area (Å²) in [4.78, 5) is 25.5. The molecule has 0 bridgehead atoms. The third-order valence-electron chi connectivity index (χ3n) is 10.2. The van der Waals surface area contributed by atoms with Crippen LogP contribution in [0.4, 0.5) is 0 Å². The summed E-state index contributed by atoms with van der Waals surface area (Å²) in [6.45, 7) is 0. The van der Waals surface area contributed by atoms with Gasteiger partial charge in [-0.1, -0.05) is 146 Å². The second-order valence-electron chi connectivity index (χ2n) is 13.6. The van der Waals surface area contributed by atoms with E-state index in [1.165, 1.54) is 19.5 Å². The molecule has 56 heavy (non-hydrogen) atoms. The van der Waals surface area contributed by atoms with E-state index in [1.54, 1.807) is 22.7 Å². The third-order valence-corrected chi connectivity index (χ3v) is 12.5. The average molecular weight is 752 g/mol. The summed E-state index contributed by atoms with van der Waals surface area (Å²) < 4.78 is 4.69.